The van der Waals surface area contributed by atoms with E-state index >= 15 is 0 Å². The second kappa shape index (κ2) is 7.79. The normalized spacial score (nSPS) is 14.3. The van der Waals surface area contributed by atoms with Gasteiger partial charge in [0.05, 0.1) is 6.54 Å². The van der Waals surface area contributed by atoms with Gasteiger partial charge in [-0.15, -0.1) is 0 Å². The van der Waals surface area contributed by atoms with Gasteiger partial charge in [-0.3, -0.25) is 15.2 Å². The van der Waals surface area contributed by atoms with E-state index in [1.165, 1.54) is 35.7 Å². The molecule has 0 aliphatic heterocycles. The number of nitrogens with one attached hydrogen (secondary N) is 1. The number of nitrogens with zero attached hydrogens (tertiary/aromatic N) is 4. The van der Waals surface area contributed by atoms with Crippen molar-refractivity contribution in [2.45, 2.75) is 25.0 Å². The van der Waals surface area contributed by atoms with Crippen molar-refractivity contribution in [1.82, 2.24) is 25.2 Å². The maximum absolute atomic E-state index is 14.5. The van der Waals surface area contributed by atoms with Crippen LogP contribution in [0, 0.1) is 11.6 Å². The molecule has 2 unspecified atom stereocenters. The van der Waals surface area contributed by atoms with Crippen LogP contribution in [0.1, 0.15) is 34.5 Å². The summed E-state index contributed by atoms with van der Waals surface area (Å²) in [6, 6.07) is 5.99. The van der Waals surface area contributed by atoms with Gasteiger partial charge in [0.25, 0.3) is 5.91 Å². The third-order valence-electron chi connectivity index (χ3n) is 4.63. The minimum Gasteiger partial charge on any atom is -0.382 e. The van der Waals surface area contributed by atoms with Gasteiger partial charge < -0.3 is 5.11 Å². The summed E-state index contributed by atoms with van der Waals surface area (Å²) >= 11 is 0. The van der Waals surface area contributed by atoms with Gasteiger partial charge >= 0.3 is 0 Å². The van der Waals surface area contributed by atoms with Gasteiger partial charge in [0.2, 0.25) is 0 Å². The lowest BCUT2D eigenvalue weighted by molar-refractivity contribution is -0.0113. The van der Waals surface area contributed by atoms with Crippen LogP contribution >= 0.6 is 0 Å². The highest BCUT2D eigenvalue weighted by atomic mass is 19.1. The fourth-order valence-electron chi connectivity index (χ4n) is 3.00. The Morgan fingerprint density at radius 3 is 2.71 bits per heavy atom. The monoisotopic (exact) mass is 388 g/mol. The van der Waals surface area contributed by atoms with Gasteiger partial charge in [0.15, 0.2) is 0 Å². The first kappa shape index (κ1) is 19.5. The first-order valence-corrected chi connectivity index (χ1v) is 8.32. The average molecular weight is 388 g/mol. The van der Waals surface area contributed by atoms with Gasteiger partial charge in [-0.1, -0.05) is 19.1 Å². The molecule has 2 atom stereocenters. The lowest BCUT2D eigenvalue weighted by atomic mass is 9.78. The van der Waals surface area contributed by atoms with Crippen molar-refractivity contribution in [2.24, 2.45) is 5.84 Å². The van der Waals surface area contributed by atoms with Crippen molar-refractivity contribution in [3.05, 3.63) is 77.6 Å². The SMILES string of the molecule is CC(c1ccc(C(=O)NN)nc1)C(O)(Cn1cncn1)c1ccc(F)cc1F. The highest BCUT2D eigenvalue weighted by Crippen LogP contribution is 2.39. The van der Waals surface area contributed by atoms with Gasteiger partial charge in [0.1, 0.15) is 35.6 Å². The van der Waals surface area contributed by atoms with E-state index in [1.807, 2.05) is 5.43 Å². The number of amides is 1. The number of carbonyl (C=O) groups is 1. The number of benzene rings is 1. The zero-order valence-electron chi connectivity index (χ0n) is 14.9. The highest BCUT2D eigenvalue weighted by Gasteiger charge is 2.40. The molecule has 28 heavy (non-hydrogen) atoms. The van der Waals surface area contributed by atoms with Crippen LogP contribution in [-0.2, 0) is 12.1 Å². The smallest absolute Gasteiger partial charge is 0.283 e. The van der Waals surface area contributed by atoms with Crippen molar-refractivity contribution in [3.63, 3.8) is 0 Å². The van der Waals surface area contributed by atoms with Crippen LogP contribution in [0.15, 0.2) is 49.2 Å². The molecule has 0 aliphatic carbocycles. The number of pyridine rings is 1. The number of hydrogen-bond acceptors (Lipinski definition) is 6. The van der Waals surface area contributed by atoms with E-state index in [1.54, 1.807) is 13.0 Å². The summed E-state index contributed by atoms with van der Waals surface area (Å²) in [5.74, 6) is 2.18. The van der Waals surface area contributed by atoms with Crippen LogP contribution in [0.3, 0.4) is 0 Å². The van der Waals surface area contributed by atoms with Crippen LogP contribution < -0.4 is 11.3 Å². The molecule has 0 saturated heterocycles. The molecule has 4 N–H and O–H groups in total. The van der Waals surface area contributed by atoms with Crippen molar-refractivity contribution >= 4 is 5.91 Å². The molecule has 3 aromatic rings. The second-order valence-electron chi connectivity index (χ2n) is 6.31. The number of aliphatic hydroxyl groups is 1. The summed E-state index contributed by atoms with van der Waals surface area (Å²) in [4.78, 5) is 19.4. The van der Waals surface area contributed by atoms with Gasteiger partial charge in [0, 0.05) is 23.7 Å². The highest BCUT2D eigenvalue weighted by molar-refractivity contribution is 5.91. The van der Waals surface area contributed by atoms with Gasteiger partial charge in [-0.25, -0.2) is 24.3 Å². The maximum atomic E-state index is 14.5. The summed E-state index contributed by atoms with van der Waals surface area (Å²) in [5.41, 5.74) is 0.693. The zero-order valence-corrected chi connectivity index (χ0v) is 14.9. The molecule has 1 aromatic carbocycles. The maximum Gasteiger partial charge on any atom is 0.283 e. The number of nitrogen functional groups attached to an aromatic ring is 1. The zero-order chi connectivity index (χ0) is 20.3. The predicted octanol–water partition coefficient (Wildman–Crippen LogP) is 1.25. The van der Waals surface area contributed by atoms with E-state index in [0.717, 1.165) is 6.07 Å². The lowest BCUT2D eigenvalue weighted by Gasteiger charge is -2.35. The summed E-state index contributed by atoms with van der Waals surface area (Å²) in [6.45, 7) is 1.53. The number of rotatable bonds is 6. The van der Waals surface area contributed by atoms with E-state index in [-0.39, 0.29) is 17.8 Å². The quantitative estimate of drug-likeness (QED) is 0.332. The van der Waals surface area contributed by atoms with Crippen LogP contribution in [0.5, 0.6) is 0 Å². The van der Waals surface area contributed by atoms with Crippen molar-refractivity contribution < 1.29 is 18.7 Å². The fourth-order valence-corrected chi connectivity index (χ4v) is 3.00. The molecule has 0 bridgehead atoms. The summed E-state index contributed by atoms with van der Waals surface area (Å²) in [7, 11) is 0. The molecule has 0 spiro atoms. The number of hydrazine groups is 1. The number of carbonyl (C=O) groups excluding carboxylic acids is 1. The van der Waals surface area contributed by atoms with E-state index in [0.29, 0.717) is 11.6 Å². The average Bonchev–Trinajstić information content (AvgIpc) is 3.19. The molecular formula is C18H18F2N6O2. The van der Waals surface area contributed by atoms with Crippen LogP contribution in [0.4, 0.5) is 8.78 Å². The third-order valence-corrected chi connectivity index (χ3v) is 4.63. The summed E-state index contributed by atoms with van der Waals surface area (Å²) in [6.07, 6.45) is 4.06. The Balaban J connectivity index is 2.04. The van der Waals surface area contributed by atoms with E-state index in [2.05, 4.69) is 15.1 Å². The minimum absolute atomic E-state index is 0.0891. The van der Waals surface area contributed by atoms with Crippen LogP contribution in [0.25, 0.3) is 0 Å². The Labute approximate surface area is 159 Å². The minimum atomic E-state index is -1.80. The molecule has 2 aromatic heterocycles. The Morgan fingerprint density at radius 2 is 2.14 bits per heavy atom. The van der Waals surface area contributed by atoms with E-state index in [9.17, 15) is 18.7 Å². The van der Waals surface area contributed by atoms with Gasteiger partial charge in [-0.2, -0.15) is 5.10 Å². The Kier molecular flexibility index (Phi) is 5.43. The molecule has 146 valence electrons. The van der Waals surface area contributed by atoms with Gasteiger partial charge in [-0.05, 0) is 17.7 Å². The van der Waals surface area contributed by atoms with E-state index in [4.69, 9.17) is 5.84 Å². The molecule has 3 rings (SSSR count). The molecular weight excluding hydrogens is 370 g/mol. The third kappa shape index (κ3) is 3.73. The fraction of sp³-hybridized carbons (Fsp3) is 0.222. The van der Waals surface area contributed by atoms with Crippen LogP contribution in [-0.4, -0.2) is 30.8 Å². The molecule has 0 saturated carbocycles. The Morgan fingerprint density at radius 1 is 1.36 bits per heavy atom. The molecule has 2 heterocycles. The molecule has 1 amide bonds. The molecule has 0 fully saturated rings. The first-order chi connectivity index (χ1) is 13.3. The molecule has 10 heteroatoms. The van der Waals surface area contributed by atoms with Crippen molar-refractivity contribution in [1.29, 1.82) is 0 Å². The summed E-state index contributed by atoms with van der Waals surface area (Å²) in [5, 5.41) is 15.5. The van der Waals surface area contributed by atoms with E-state index < -0.39 is 29.1 Å². The molecule has 0 aliphatic rings. The molecule has 0 radical (unpaired) electrons. The van der Waals surface area contributed by atoms with Crippen LogP contribution in [0.2, 0.25) is 0 Å². The van der Waals surface area contributed by atoms with Crippen molar-refractivity contribution in [3.8, 4) is 0 Å². The second-order valence-corrected chi connectivity index (χ2v) is 6.31. The number of hydrogen-bond donors (Lipinski definition) is 3. The standard InChI is InChI=1S/C18H18F2N6O2/c1-11(12-2-5-16(23-7-12)17(27)25-21)18(28,8-26-10-22-9-24-26)14-4-3-13(19)6-15(14)20/h2-7,9-11,28H,8,21H2,1H3,(H,25,27). The largest absolute Gasteiger partial charge is 0.382 e. The number of aromatic nitrogens is 4. The predicted molar refractivity (Wildman–Crippen MR) is 94.6 cm³/mol. The summed E-state index contributed by atoms with van der Waals surface area (Å²) < 4.78 is 29.3. The topological polar surface area (TPSA) is 119 Å². The first-order valence-electron chi connectivity index (χ1n) is 8.32. The van der Waals surface area contributed by atoms with Crippen molar-refractivity contribution in [2.75, 3.05) is 0 Å². The lowest BCUT2D eigenvalue weighted by Crippen LogP contribution is -2.38. The Hall–Kier alpha value is -3.24. The number of nitrogens with two attached hydrogens (primary N) is 1. The molecule has 8 nitrogen and oxygen atoms in total. The number of halogens is 2. The Bertz CT molecular complexity index is 965.